The number of hydrogen-bond acceptors (Lipinski definition) is 2. The minimum absolute atomic E-state index is 0.0908. The van der Waals surface area contributed by atoms with Gasteiger partial charge in [-0.2, -0.15) is 0 Å². The highest BCUT2D eigenvalue weighted by Crippen LogP contribution is 2.01. The van der Waals surface area contributed by atoms with E-state index in [-0.39, 0.29) is 6.03 Å². The van der Waals surface area contributed by atoms with Crippen LogP contribution in [0.15, 0.2) is 30.3 Å². The SMILES string of the molecule is CC(C)COCCCNC(=O)NCCCc1ccccc1. The molecule has 0 unspecified atom stereocenters. The Morgan fingerprint density at radius 2 is 1.76 bits per heavy atom. The molecule has 0 bridgehead atoms. The van der Waals surface area contributed by atoms with Crippen molar-refractivity contribution >= 4 is 6.03 Å². The molecule has 0 atom stereocenters. The first-order valence-corrected chi connectivity index (χ1v) is 7.82. The number of benzene rings is 1. The van der Waals surface area contributed by atoms with Gasteiger partial charge in [-0.15, -0.1) is 0 Å². The zero-order valence-electron chi connectivity index (χ0n) is 13.2. The van der Waals surface area contributed by atoms with Crippen LogP contribution in [0.1, 0.15) is 32.3 Å². The molecule has 4 heteroatoms. The molecular formula is C17H28N2O2. The predicted octanol–water partition coefficient (Wildman–Crippen LogP) is 2.98. The van der Waals surface area contributed by atoms with Gasteiger partial charge in [0.25, 0.3) is 0 Å². The van der Waals surface area contributed by atoms with Gasteiger partial charge in [0.05, 0.1) is 0 Å². The molecule has 0 radical (unpaired) electrons. The zero-order chi connectivity index (χ0) is 15.3. The predicted molar refractivity (Wildman–Crippen MR) is 86.4 cm³/mol. The van der Waals surface area contributed by atoms with Crippen molar-refractivity contribution in [3.8, 4) is 0 Å². The first-order valence-electron chi connectivity index (χ1n) is 7.82. The summed E-state index contributed by atoms with van der Waals surface area (Å²) >= 11 is 0. The maximum Gasteiger partial charge on any atom is 0.314 e. The molecule has 118 valence electrons. The third-order valence-corrected chi connectivity index (χ3v) is 2.97. The first-order chi connectivity index (χ1) is 10.2. The number of hydrogen-bond donors (Lipinski definition) is 2. The summed E-state index contributed by atoms with van der Waals surface area (Å²) in [5.41, 5.74) is 1.31. The van der Waals surface area contributed by atoms with Crippen LogP contribution in [0.25, 0.3) is 0 Å². The number of aryl methyl sites for hydroxylation is 1. The molecule has 1 aromatic rings. The molecule has 0 spiro atoms. The van der Waals surface area contributed by atoms with Gasteiger partial charge >= 0.3 is 6.03 Å². The summed E-state index contributed by atoms with van der Waals surface area (Å²) in [5.74, 6) is 0.561. The van der Waals surface area contributed by atoms with Crippen molar-refractivity contribution in [3.63, 3.8) is 0 Å². The van der Waals surface area contributed by atoms with E-state index in [0.29, 0.717) is 25.6 Å². The monoisotopic (exact) mass is 292 g/mol. The third-order valence-electron chi connectivity index (χ3n) is 2.97. The van der Waals surface area contributed by atoms with E-state index >= 15 is 0 Å². The second kappa shape index (κ2) is 11.1. The highest BCUT2D eigenvalue weighted by atomic mass is 16.5. The van der Waals surface area contributed by atoms with Crippen LogP contribution in [0.2, 0.25) is 0 Å². The van der Waals surface area contributed by atoms with E-state index in [1.165, 1.54) is 5.56 Å². The van der Waals surface area contributed by atoms with Gasteiger partial charge in [0, 0.05) is 26.3 Å². The topological polar surface area (TPSA) is 50.4 Å². The minimum atomic E-state index is -0.0908. The van der Waals surface area contributed by atoms with Crippen LogP contribution in [0.3, 0.4) is 0 Å². The second-order valence-corrected chi connectivity index (χ2v) is 5.59. The number of ether oxygens (including phenoxy) is 1. The van der Waals surface area contributed by atoms with Crippen molar-refractivity contribution < 1.29 is 9.53 Å². The fraction of sp³-hybridized carbons (Fsp3) is 0.588. The summed E-state index contributed by atoms with van der Waals surface area (Å²) in [4.78, 5) is 11.5. The Labute approximate surface area is 128 Å². The average Bonchev–Trinajstić information content (AvgIpc) is 2.48. The van der Waals surface area contributed by atoms with Gasteiger partial charge < -0.3 is 15.4 Å². The molecule has 0 aliphatic carbocycles. The number of rotatable bonds is 10. The van der Waals surface area contributed by atoms with Crippen LogP contribution in [-0.2, 0) is 11.2 Å². The van der Waals surface area contributed by atoms with E-state index in [9.17, 15) is 4.79 Å². The van der Waals surface area contributed by atoms with Crippen molar-refractivity contribution in [2.75, 3.05) is 26.3 Å². The van der Waals surface area contributed by atoms with Crippen LogP contribution >= 0.6 is 0 Å². The standard InChI is InChI=1S/C17H28N2O2/c1-15(2)14-21-13-7-12-19-17(20)18-11-6-10-16-8-4-3-5-9-16/h3-5,8-9,15H,6-7,10-14H2,1-2H3,(H2,18,19,20). The molecule has 0 saturated carbocycles. The van der Waals surface area contributed by atoms with Crippen LogP contribution in [-0.4, -0.2) is 32.3 Å². The smallest absolute Gasteiger partial charge is 0.314 e. The Morgan fingerprint density at radius 3 is 2.43 bits per heavy atom. The largest absolute Gasteiger partial charge is 0.381 e. The lowest BCUT2D eigenvalue weighted by Gasteiger charge is -2.09. The number of nitrogens with one attached hydrogen (secondary N) is 2. The van der Waals surface area contributed by atoms with Crippen molar-refractivity contribution in [1.82, 2.24) is 10.6 Å². The fourth-order valence-electron chi connectivity index (χ4n) is 1.90. The molecule has 21 heavy (non-hydrogen) atoms. The van der Waals surface area contributed by atoms with E-state index in [2.05, 4.69) is 36.6 Å². The lowest BCUT2D eigenvalue weighted by atomic mass is 10.1. The Hall–Kier alpha value is -1.55. The van der Waals surface area contributed by atoms with Crippen LogP contribution in [0.5, 0.6) is 0 Å². The lowest BCUT2D eigenvalue weighted by molar-refractivity contribution is 0.108. The molecule has 1 rings (SSSR count). The average molecular weight is 292 g/mol. The summed E-state index contributed by atoms with van der Waals surface area (Å²) in [5, 5.41) is 5.71. The third kappa shape index (κ3) is 9.91. The quantitative estimate of drug-likeness (QED) is 0.651. The lowest BCUT2D eigenvalue weighted by Crippen LogP contribution is -2.36. The molecule has 2 N–H and O–H groups in total. The number of urea groups is 1. The minimum Gasteiger partial charge on any atom is -0.381 e. The molecule has 0 heterocycles. The summed E-state index contributed by atoms with van der Waals surface area (Å²) < 4.78 is 5.45. The molecule has 0 saturated heterocycles. The maximum atomic E-state index is 11.5. The van der Waals surface area contributed by atoms with Gasteiger partial charge in [0.1, 0.15) is 0 Å². The van der Waals surface area contributed by atoms with Gasteiger partial charge in [0.15, 0.2) is 0 Å². The molecule has 0 aliphatic heterocycles. The van der Waals surface area contributed by atoms with E-state index in [4.69, 9.17) is 4.74 Å². The zero-order valence-corrected chi connectivity index (χ0v) is 13.2. The molecule has 0 aliphatic rings. The Bertz CT molecular complexity index is 380. The summed E-state index contributed by atoms with van der Waals surface area (Å²) in [7, 11) is 0. The van der Waals surface area contributed by atoms with E-state index in [0.717, 1.165) is 25.9 Å². The fourth-order valence-corrected chi connectivity index (χ4v) is 1.90. The molecule has 0 fully saturated rings. The molecule has 4 nitrogen and oxygen atoms in total. The van der Waals surface area contributed by atoms with Crippen molar-refractivity contribution in [1.29, 1.82) is 0 Å². The van der Waals surface area contributed by atoms with E-state index in [1.807, 2.05) is 18.2 Å². The summed E-state index contributed by atoms with van der Waals surface area (Å²) in [6, 6.07) is 10.2. The highest BCUT2D eigenvalue weighted by molar-refractivity contribution is 5.73. The van der Waals surface area contributed by atoms with Gasteiger partial charge in [-0.1, -0.05) is 44.2 Å². The Kier molecular flexibility index (Phi) is 9.29. The first kappa shape index (κ1) is 17.5. The summed E-state index contributed by atoms with van der Waals surface area (Å²) in [6.07, 6.45) is 2.79. The van der Waals surface area contributed by atoms with Crippen LogP contribution in [0, 0.1) is 5.92 Å². The molecule has 1 aromatic carbocycles. The van der Waals surface area contributed by atoms with Crippen molar-refractivity contribution in [3.05, 3.63) is 35.9 Å². The number of amides is 2. The van der Waals surface area contributed by atoms with Gasteiger partial charge in [0.2, 0.25) is 0 Å². The van der Waals surface area contributed by atoms with E-state index < -0.39 is 0 Å². The number of carbonyl (C=O) groups is 1. The molecule has 0 aromatic heterocycles. The second-order valence-electron chi connectivity index (χ2n) is 5.59. The molecular weight excluding hydrogens is 264 g/mol. The highest BCUT2D eigenvalue weighted by Gasteiger charge is 1.99. The van der Waals surface area contributed by atoms with Gasteiger partial charge in [-0.3, -0.25) is 0 Å². The van der Waals surface area contributed by atoms with Gasteiger partial charge in [-0.05, 0) is 30.7 Å². The van der Waals surface area contributed by atoms with Gasteiger partial charge in [-0.25, -0.2) is 4.79 Å². The maximum absolute atomic E-state index is 11.5. The van der Waals surface area contributed by atoms with Crippen molar-refractivity contribution in [2.45, 2.75) is 33.1 Å². The van der Waals surface area contributed by atoms with Crippen LogP contribution in [0.4, 0.5) is 4.79 Å². The molecule has 2 amide bonds. The Morgan fingerprint density at radius 1 is 1.10 bits per heavy atom. The number of carbonyl (C=O) groups excluding carboxylic acids is 1. The summed E-state index contributed by atoms with van der Waals surface area (Å²) in [6.45, 7) is 7.09. The van der Waals surface area contributed by atoms with Crippen molar-refractivity contribution in [2.24, 2.45) is 5.92 Å². The van der Waals surface area contributed by atoms with Crippen LogP contribution < -0.4 is 10.6 Å². The Balaban J connectivity index is 1.92. The normalized spacial score (nSPS) is 10.6. The van der Waals surface area contributed by atoms with E-state index in [1.54, 1.807) is 0 Å².